The van der Waals surface area contributed by atoms with Crippen molar-refractivity contribution >= 4 is 61.7 Å². The highest BCUT2D eigenvalue weighted by Gasteiger charge is 2.24. The van der Waals surface area contributed by atoms with E-state index in [1.165, 1.54) is 38.7 Å². The second-order valence-corrected chi connectivity index (χ2v) is 19.6. The van der Waals surface area contributed by atoms with E-state index in [0.717, 1.165) is 69.9 Å². The summed E-state index contributed by atoms with van der Waals surface area (Å²) in [6.07, 6.45) is 2.57. The normalized spacial score (nSPS) is 14.2. The summed E-state index contributed by atoms with van der Waals surface area (Å²) in [7, 11) is -0.608. The number of nitrogens with two attached hydrogens (primary N) is 3. The quantitative estimate of drug-likeness (QED) is 0.0520. The molecule has 4 heterocycles. The van der Waals surface area contributed by atoms with Crippen LogP contribution in [0.2, 0.25) is 0 Å². The second kappa shape index (κ2) is 24.5. The first-order valence-electron chi connectivity index (χ1n) is 23.6. The molecule has 0 bridgehead atoms. The highest BCUT2D eigenvalue weighted by atomic mass is 32.2. The van der Waals surface area contributed by atoms with E-state index in [9.17, 15) is 18.0 Å². The first kappa shape index (κ1) is 53.0. The van der Waals surface area contributed by atoms with Gasteiger partial charge in [0.25, 0.3) is 0 Å². The van der Waals surface area contributed by atoms with Gasteiger partial charge in [-0.15, -0.1) is 0 Å². The van der Waals surface area contributed by atoms with Gasteiger partial charge >= 0.3 is 0 Å². The number of nitrogens with zero attached hydrogens (tertiary/aromatic N) is 8. The maximum atomic E-state index is 12.9. The Labute approximate surface area is 417 Å². The average Bonchev–Trinajstić information content (AvgIpc) is 3.39. The number of carbonyl (C=O) groups excluding carboxylic acids is 2. The van der Waals surface area contributed by atoms with Crippen LogP contribution in [0.5, 0.6) is 11.5 Å². The van der Waals surface area contributed by atoms with Gasteiger partial charge in [0.05, 0.1) is 42.2 Å². The molecule has 2 aliphatic heterocycles. The molecule has 2 aliphatic rings. The summed E-state index contributed by atoms with van der Waals surface area (Å²) in [4.78, 5) is 51.3. The maximum absolute atomic E-state index is 12.9. The molecule has 71 heavy (non-hydrogen) atoms. The summed E-state index contributed by atoms with van der Waals surface area (Å²) in [5, 5.41) is 2.78. The topological polar surface area (TPSA) is 241 Å². The fraction of sp³-hybridized carbons (Fsp3) is 0.346. The fourth-order valence-electron chi connectivity index (χ4n) is 7.98. The number of sulfone groups is 1. The number of rotatable bonds is 14. The molecule has 0 amide bonds. The van der Waals surface area contributed by atoms with Crippen LogP contribution in [0.1, 0.15) is 66.5 Å². The van der Waals surface area contributed by atoms with Crippen molar-refractivity contribution < 1.29 is 27.5 Å². The third-order valence-corrected chi connectivity index (χ3v) is 13.8. The average molecular weight is 987 g/mol. The molecule has 2 fully saturated rings. The molecule has 2 aromatic heterocycles. The predicted molar refractivity (Wildman–Crippen MR) is 282 cm³/mol. The van der Waals surface area contributed by atoms with Crippen molar-refractivity contribution in [2.24, 2.45) is 0 Å². The van der Waals surface area contributed by atoms with Crippen molar-refractivity contribution in [3.05, 3.63) is 132 Å². The van der Waals surface area contributed by atoms with Crippen molar-refractivity contribution in [1.82, 2.24) is 29.7 Å². The zero-order valence-electron chi connectivity index (χ0n) is 41.6. The van der Waals surface area contributed by atoms with E-state index in [0.29, 0.717) is 40.7 Å². The number of ether oxygens (including phenoxy) is 2. The largest absolute Gasteiger partial charge is 0.496 e. The van der Waals surface area contributed by atoms with Gasteiger partial charge < -0.3 is 41.8 Å². The van der Waals surface area contributed by atoms with Crippen molar-refractivity contribution in [3.63, 3.8) is 0 Å². The zero-order valence-corrected chi connectivity index (χ0v) is 42.4. The summed E-state index contributed by atoms with van der Waals surface area (Å²) in [6.45, 7) is 19.2. The summed E-state index contributed by atoms with van der Waals surface area (Å²) >= 11 is 0. The van der Waals surface area contributed by atoms with Crippen molar-refractivity contribution in [2.45, 2.75) is 51.9 Å². The Morgan fingerprint density at radius 1 is 0.592 bits per heavy atom. The number of nitrogen functional groups attached to an aromatic ring is 3. The Bertz CT molecular complexity index is 2830. The predicted octanol–water partition coefficient (Wildman–Crippen LogP) is 6.46. The van der Waals surface area contributed by atoms with E-state index >= 15 is 0 Å². The number of nitrogens with one attached hydrogen (secondary N) is 1. The van der Waals surface area contributed by atoms with Gasteiger partial charge in [-0.3, -0.25) is 19.4 Å². The lowest BCUT2D eigenvalue weighted by Crippen LogP contribution is -2.48. The molecule has 7 N–H and O–H groups in total. The monoisotopic (exact) mass is 986 g/mol. The zero-order chi connectivity index (χ0) is 51.2. The Kier molecular flexibility index (Phi) is 18.3. The summed E-state index contributed by atoms with van der Waals surface area (Å²) in [6, 6.07) is 31.2. The number of carbonyl (C=O) groups is 2. The molecule has 0 unspecified atom stereocenters. The van der Waals surface area contributed by atoms with E-state index < -0.39 is 15.6 Å². The molecule has 8 rings (SSSR count). The van der Waals surface area contributed by atoms with Gasteiger partial charge in [0.1, 0.15) is 23.1 Å². The molecular formula is C52H66N12O6S. The van der Waals surface area contributed by atoms with Crippen LogP contribution < -0.4 is 41.8 Å². The first-order chi connectivity index (χ1) is 34.0. The number of methoxy groups -OCH3 is 2. The summed E-state index contributed by atoms with van der Waals surface area (Å²) < 4.78 is 33.8. The van der Waals surface area contributed by atoms with Crippen LogP contribution in [0.3, 0.4) is 0 Å². The van der Waals surface area contributed by atoms with Crippen LogP contribution >= 0.6 is 0 Å². The van der Waals surface area contributed by atoms with Crippen molar-refractivity contribution in [1.29, 1.82) is 0 Å². The van der Waals surface area contributed by atoms with Crippen LogP contribution in [-0.2, 0) is 9.84 Å². The Balaban J connectivity index is 0.000000187. The molecule has 19 heteroatoms. The minimum absolute atomic E-state index is 0.0274. The molecule has 18 nitrogen and oxygen atoms in total. The van der Waals surface area contributed by atoms with Gasteiger partial charge in [0, 0.05) is 99.6 Å². The van der Waals surface area contributed by atoms with Crippen molar-refractivity contribution in [3.8, 4) is 11.5 Å². The molecular weight excluding hydrogens is 921 g/mol. The smallest absolute Gasteiger partial charge is 0.249 e. The lowest BCUT2D eigenvalue weighted by molar-refractivity contribution is 0.102. The minimum atomic E-state index is -3.58. The van der Waals surface area contributed by atoms with Crippen molar-refractivity contribution in [2.75, 3.05) is 105 Å². The van der Waals surface area contributed by atoms with Crippen LogP contribution in [0, 0.1) is 0 Å². The third kappa shape index (κ3) is 13.7. The van der Waals surface area contributed by atoms with Crippen LogP contribution in [0.15, 0.2) is 115 Å². The molecule has 6 aromatic rings. The van der Waals surface area contributed by atoms with Gasteiger partial charge in [0.15, 0.2) is 0 Å². The molecule has 0 aliphatic carbocycles. The lowest BCUT2D eigenvalue weighted by atomic mass is 10.0. The number of hydrogen-bond acceptors (Lipinski definition) is 18. The van der Waals surface area contributed by atoms with E-state index in [1.54, 1.807) is 48.5 Å². The number of ketones is 2. The third-order valence-electron chi connectivity index (χ3n) is 12.3. The number of para-hydroxylation sites is 2. The Hall–Kier alpha value is -7.35. The molecule has 0 atom stereocenters. The van der Waals surface area contributed by atoms with Crippen LogP contribution in [0.4, 0.5) is 40.3 Å². The number of benzene rings is 4. The lowest BCUT2D eigenvalue weighted by Gasteiger charge is -2.38. The second-order valence-electron chi connectivity index (χ2n) is 17.4. The van der Waals surface area contributed by atoms with E-state index in [2.05, 4.69) is 96.8 Å². The highest BCUT2D eigenvalue weighted by Crippen LogP contribution is 2.27. The van der Waals surface area contributed by atoms with Gasteiger partial charge in [0.2, 0.25) is 32.5 Å². The van der Waals surface area contributed by atoms with Gasteiger partial charge in [-0.2, -0.15) is 4.98 Å². The highest BCUT2D eigenvalue weighted by molar-refractivity contribution is 7.91. The Morgan fingerprint density at radius 3 is 1.42 bits per heavy atom. The maximum Gasteiger partial charge on any atom is 0.249 e. The first-order valence-corrected chi connectivity index (χ1v) is 25.2. The van der Waals surface area contributed by atoms with Gasteiger partial charge in [-0.1, -0.05) is 31.2 Å². The molecule has 0 radical (unpaired) electrons. The van der Waals surface area contributed by atoms with Crippen LogP contribution in [-0.4, -0.2) is 134 Å². The molecule has 376 valence electrons. The summed E-state index contributed by atoms with van der Waals surface area (Å²) in [5.41, 5.74) is 22.7. The number of anilines is 7. The number of aromatic nitrogens is 4. The standard InChI is InChI=1S/C25H30N6O2.C14H15N3O4S.C13H21N3/c1-17(2)30-12-14-31(15-13-30)19-10-8-18(9-11-19)28-25-27-16-21(24(26)29-25)23(32)20-6-4-5-7-22(20)33-3;1-3-22(19,20)14-16-8-10(13(15)17-14)12(18)9-6-4-5-7-11(9)21-2;1-11(2)15-7-9-16(10-8-15)13-5-3-12(14)4-6-13/h4-11,16-17H,12-15H2,1-3H3,(H3,26,27,28,29);4-8H,3H2,1-2H3,(H2,15,16,17);3-6,11H,7-10,14H2,1-2H3. The van der Waals surface area contributed by atoms with E-state index in [-0.39, 0.29) is 39.5 Å². The Morgan fingerprint density at radius 2 is 1.01 bits per heavy atom. The van der Waals surface area contributed by atoms with E-state index in [4.69, 9.17) is 26.7 Å². The molecule has 4 aromatic carbocycles. The minimum Gasteiger partial charge on any atom is -0.496 e. The van der Waals surface area contributed by atoms with Gasteiger partial charge in [-0.05, 0) is 100 Å². The fourth-order valence-corrected chi connectivity index (χ4v) is 8.69. The van der Waals surface area contributed by atoms with E-state index in [1.807, 2.05) is 24.3 Å². The molecule has 0 saturated carbocycles. The summed E-state index contributed by atoms with van der Waals surface area (Å²) in [5.74, 6) is 0.274. The number of piperazine rings is 2. The molecule has 2 saturated heterocycles. The molecule has 0 spiro atoms. The van der Waals surface area contributed by atoms with Gasteiger partial charge in [-0.25, -0.2) is 23.4 Å². The number of hydrogen-bond donors (Lipinski definition) is 4. The SMILES string of the molecule is CC(C)N1CCN(c2ccc(N)cc2)CC1.CCS(=O)(=O)c1ncc(C(=O)c2ccccc2OC)c(N)n1.COc1ccccc1C(=O)c1cnc(Nc2ccc(N3CCN(C(C)C)CC3)cc2)nc1N. The van der Waals surface area contributed by atoms with Crippen LogP contribution in [0.25, 0.3) is 0 Å².